The summed E-state index contributed by atoms with van der Waals surface area (Å²) in [5.41, 5.74) is 0.930. The van der Waals surface area contributed by atoms with Gasteiger partial charge in [0.1, 0.15) is 5.75 Å². The van der Waals surface area contributed by atoms with E-state index in [1.54, 1.807) is 48.5 Å². The summed E-state index contributed by atoms with van der Waals surface area (Å²) in [4.78, 5) is 35.7. The van der Waals surface area contributed by atoms with Gasteiger partial charge in [-0.05, 0) is 42.8 Å². The van der Waals surface area contributed by atoms with Gasteiger partial charge in [0.25, 0.3) is 5.91 Å². The number of rotatable bonds is 10. The molecule has 2 rings (SSSR count). The van der Waals surface area contributed by atoms with Gasteiger partial charge in [0.05, 0.1) is 23.7 Å². The summed E-state index contributed by atoms with van der Waals surface area (Å²) in [6.07, 6.45) is 0.797. The number of benzene rings is 2. The van der Waals surface area contributed by atoms with Crippen LogP contribution in [0.15, 0.2) is 48.5 Å². The Bertz CT molecular complexity index is 820. The highest BCUT2D eigenvalue weighted by Gasteiger charge is 2.13. The minimum atomic E-state index is -0.620. The Morgan fingerprint density at radius 2 is 1.71 bits per heavy atom. The van der Waals surface area contributed by atoms with Crippen LogP contribution in [0, 0.1) is 0 Å². The number of anilines is 1. The first-order valence-electron chi connectivity index (χ1n) is 8.95. The molecule has 0 fully saturated rings. The van der Waals surface area contributed by atoms with Gasteiger partial charge in [0, 0.05) is 12.0 Å². The molecule has 0 saturated carbocycles. The fraction of sp³-hybridized carbons (Fsp3) is 0.286. The van der Waals surface area contributed by atoms with Gasteiger partial charge in [-0.3, -0.25) is 14.4 Å². The Morgan fingerprint density at radius 3 is 2.39 bits per heavy atom. The van der Waals surface area contributed by atoms with Crippen molar-refractivity contribution in [1.82, 2.24) is 0 Å². The number of ketones is 1. The molecule has 0 aliphatic carbocycles. The fourth-order valence-corrected chi connectivity index (χ4v) is 2.47. The van der Waals surface area contributed by atoms with Gasteiger partial charge >= 0.3 is 5.97 Å². The van der Waals surface area contributed by atoms with Crippen molar-refractivity contribution >= 4 is 34.9 Å². The van der Waals surface area contributed by atoms with E-state index in [9.17, 15) is 14.4 Å². The summed E-state index contributed by atoms with van der Waals surface area (Å²) in [5, 5.41) is 2.94. The average molecular weight is 404 g/mol. The molecule has 0 spiro atoms. The Hall–Kier alpha value is -2.86. The van der Waals surface area contributed by atoms with Gasteiger partial charge in [0.2, 0.25) is 0 Å². The van der Waals surface area contributed by atoms with E-state index < -0.39 is 18.5 Å². The van der Waals surface area contributed by atoms with Gasteiger partial charge in [-0.1, -0.05) is 30.7 Å². The zero-order valence-corrected chi connectivity index (χ0v) is 16.3. The molecule has 1 amide bonds. The van der Waals surface area contributed by atoms with Crippen molar-refractivity contribution in [3.8, 4) is 5.75 Å². The topological polar surface area (TPSA) is 81.7 Å². The lowest BCUT2D eigenvalue weighted by molar-refractivity contribution is -0.147. The molecule has 28 heavy (non-hydrogen) atoms. The van der Waals surface area contributed by atoms with E-state index >= 15 is 0 Å². The number of hydrogen-bond donors (Lipinski definition) is 1. The van der Waals surface area contributed by atoms with Crippen molar-refractivity contribution in [3.05, 3.63) is 59.1 Å². The molecule has 6 nitrogen and oxygen atoms in total. The summed E-state index contributed by atoms with van der Waals surface area (Å²) in [6, 6.07) is 13.5. The van der Waals surface area contributed by atoms with Crippen molar-refractivity contribution in [2.45, 2.75) is 26.2 Å². The fourth-order valence-electron chi connectivity index (χ4n) is 2.28. The number of nitrogens with one attached hydrogen (secondary N) is 1. The molecule has 0 aliphatic heterocycles. The highest BCUT2D eigenvalue weighted by Crippen LogP contribution is 2.20. The molecule has 0 heterocycles. The Labute approximate surface area is 168 Å². The SMILES string of the molecule is CCCOc1ccc(C(=O)CCC(=O)OCC(=O)Nc2ccccc2Cl)cc1. The number of amides is 1. The van der Waals surface area contributed by atoms with Crippen LogP contribution in [0.3, 0.4) is 0 Å². The van der Waals surface area contributed by atoms with Crippen LogP contribution in [-0.4, -0.2) is 30.9 Å². The lowest BCUT2D eigenvalue weighted by atomic mass is 10.1. The predicted molar refractivity (Wildman–Crippen MR) is 107 cm³/mol. The minimum Gasteiger partial charge on any atom is -0.494 e. The van der Waals surface area contributed by atoms with Gasteiger partial charge in [-0.15, -0.1) is 0 Å². The molecule has 1 N–H and O–H groups in total. The first kappa shape index (κ1) is 21.4. The zero-order valence-electron chi connectivity index (χ0n) is 15.6. The molecule has 148 valence electrons. The second-order valence-corrected chi connectivity index (χ2v) is 6.39. The number of carbonyl (C=O) groups is 3. The van der Waals surface area contributed by atoms with E-state index in [4.69, 9.17) is 21.1 Å². The monoisotopic (exact) mass is 403 g/mol. The van der Waals surface area contributed by atoms with E-state index in [-0.39, 0.29) is 18.6 Å². The molecule has 0 radical (unpaired) electrons. The molecule has 2 aromatic carbocycles. The van der Waals surface area contributed by atoms with E-state index in [0.717, 1.165) is 6.42 Å². The van der Waals surface area contributed by atoms with E-state index in [1.165, 1.54) is 0 Å². The number of halogens is 1. The van der Waals surface area contributed by atoms with Crippen molar-refractivity contribution in [3.63, 3.8) is 0 Å². The maximum absolute atomic E-state index is 12.1. The quantitative estimate of drug-likeness (QED) is 0.473. The van der Waals surface area contributed by atoms with Crippen molar-refractivity contribution < 1.29 is 23.9 Å². The van der Waals surface area contributed by atoms with Crippen LogP contribution >= 0.6 is 11.6 Å². The summed E-state index contributed by atoms with van der Waals surface area (Å²) in [6.45, 7) is 2.18. The van der Waals surface area contributed by atoms with E-state index in [2.05, 4.69) is 5.32 Å². The van der Waals surface area contributed by atoms with Crippen LogP contribution in [0.5, 0.6) is 5.75 Å². The molecule has 0 aliphatic rings. The van der Waals surface area contributed by atoms with Gasteiger partial charge in [-0.25, -0.2) is 0 Å². The normalized spacial score (nSPS) is 10.2. The number of ether oxygens (including phenoxy) is 2. The van der Waals surface area contributed by atoms with Gasteiger partial charge in [0.15, 0.2) is 12.4 Å². The third kappa shape index (κ3) is 7.04. The maximum Gasteiger partial charge on any atom is 0.306 e. The highest BCUT2D eigenvalue weighted by molar-refractivity contribution is 6.33. The molecule has 7 heteroatoms. The third-order valence-corrected chi connectivity index (χ3v) is 4.05. The number of para-hydroxylation sites is 1. The lowest BCUT2D eigenvalue weighted by Crippen LogP contribution is -2.21. The highest BCUT2D eigenvalue weighted by atomic mass is 35.5. The Balaban J connectivity index is 1.72. The summed E-state index contributed by atoms with van der Waals surface area (Å²) in [5.74, 6) is -0.608. The molecule has 0 unspecified atom stereocenters. The second kappa shape index (κ2) is 11.1. The molecule has 0 bridgehead atoms. The van der Waals surface area contributed by atoms with Crippen LogP contribution < -0.4 is 10.1 Å². The first-order valence-corrected chi connectivity index (χ1v) is 9.33. The van der Waals surface area contributed by atoms with E-state index in [0.29, 0.717) is 28.6 Å². The van der Waals surface area contributed by atoms with Crippen LogP contribution in [0.2, 0.25) is 5.02 Å². The van der Waals surface area contributed by atoms with Crippen molar-refractivity contribution in [2.75, 3.05) is 18.5 Å². The van der Waals surface area contributed by atoms with Crippen molar-refractivity contribution in [1.29, 1.82) is 0 Å². The van der Waals surface area contributed by atoms with Gasteiger partial charge < -0.3 is 14.8 Å². The first-order chi connectivity index (χ1) is 13.5. The summed E-state index contributed by atoms with van der Waals surface area (Å²) >= 11 is 5.94. The van der Waals surface area contributed by atoms with Crippen LogP contribution in [-0.2, 0) is 14.3 Å². The minimum absolute atomic E-state index is 0.000129. The Morgan fingerprint density at radius 1 is 1.00 bits per heavy atom. The van der Waals surface area contributed by atoms with Crippen LogP contribution in [0.25, 0.3) is 0 Å². The van der Waals surface area contributed by atoms with Crippen molar-refractivity contribution in [2.24, 2.45) is 0 Å². The van der Waals surface area contributed by atoms with Gasteiger partial charge in [-0.2, -0.15) is 0 Å². The van der Waals surface area contributed by atoms with E-state index in [1.807, 2.05) is 6.92 Å². The third-order valence-electron chi connectivity index (χ3n) is 3.72. The largest absolute Gasteiger partial charge is 0.494 e. The molecular formula is C21H22ClNO5. The lowest BCUT2D eigenvalue weighted by Gasteiger charge is -2.08. The predicted octanol–water partition coefficient (Wildman–Crippen LogP) is 4.27. The zero-order chi connectivity index (χ0) is 20.4. The van der Waals surface area contributed by atoms with Crippen LogP contribution in [0.1, 0.15) is 36.5 Å². The molecule has 0 atom stereocenters. The Kier molecular flexibility index (Phi) is 8.49. The average Bonchev–Trinajstić information content (AvgIpc) is 2.71. The van der Waals surface area contributed by atoms with Crippen LogP contribution in [0.4, 0.5) is 5.69 Å². The molecule has 0 saturated heterocycles. The molecule has 0 aromatic heterocycles. The number of hydrogen-bond acceptors (Lipinski definition) is 5. The molecule has 2 aromatic rings. The number of carbonyl (C=O) groups excluding carboxylic acids is 3. The second-order valence-electron chi connectivity index (χ2n) is 5.98. The number of Topliss-reactive ketones (excluding diaryl/α,β-unsaturated/α-hetero) is 1. The number of esters is 1. The smallest absolute Gasteiger partial charge is 0.306 e. The maximum atomic E-state index is 12.1. The molecular weight excluding hydrogens is 382 g/mol. The standard InChI is InChI=1S/C21H22ClNO5/c1-2-13-27-16-9-7-15(8-10-16)19(24)11-12-21(26)28-14-20(25)23-18-6-4-3-5-17(18)22/h3-10H,2,11-14H2,1H3,(H,23,25). The summed E-state index contributed by atoms with van der Waals surface area (Å²) < 4.78 is 10.4. The summed E-state index contributed by atoms with van der Waals surface area (Å²) in [7, 11) is 0.